The molecule has 14 heavy (non-hydrogen) atoms. The molecule has 1 unspecified atom stereocenters. The third-order valence-electron chi connectivity index (χ3n) is 1.86. The summed E-state index contributed by atoms with van der Waals surface area (Å²) in [7, 11) is -1.64. The molecular formula is C8H17NO4S. The Hall–Kier alpha value is -0.460. The topological polar surface area (TPSA) is 86.5 Å². The molecule has 0 aromatic carbocycles. The average Bonchev–Trinajstić information content (AvgIpc) is 2.15. The van der Waals surface area contributed by atoms with E-state index in [0.717, 1.165) is 0 Å². The Morgan fingerprint density at radius 1 is 1.50 bits per heavy atom. The van der Waals surface area contributed by atoms with Crippen LogP contribution in [-0.4, -0.2) is 45.5 Å². The van der Waals surface area contributed by atoms with Gasteiger partial charge < -0.3 is 10.5 Å². The first kappa shape index (κ1) is 13.5. The number of carbonyl (C=O) groups excluding carboxylic acids is 1. The number of hydrogen-bond donors (Lipinski definition) is 1. The van der Waals surface area contributed by atoms with Crippen LogP contribution in [0.5, 0.6) is 0 Å². The minimum Gasteiger partial charge on any atom is -0.383 e. The van der Waals surface area contributed by atoms with Crippen molar-refractivity contribution in [3.8, 4) is 0 Å². The first-order valence-electron chi connectivity index (χ1n) is 4.40. The maximum atomic E-state index is 11.2. The molecule has 0 aromatic heterocycles. The van der Waals surface area contributed by atoms with Crippen LogP contribution in [0, 0.1) is 0 Å². The minimum absolute atomic E-state index is 0.0271. The van der Waals surface area contributed by atoms with Crippen molar-refractivity contribution >= 4 is 15.6 Å². The summed E-state index contributed by atoms with van der Waals surface area (Å²) in [6.07, 6.45) is -0.0271. The Labute approximate surface area is 84.5 Å². The second-order valence-electron chi connectivity index (χ2n) is 3.01. The molecule has 0 rings (SSSR count). The van der Waals surface area contributed by atoms with E-state index in [1.807, 2.05) is 0 Å². The number of ketones is 1. The van der Waals surface area contributed by atoms with Crippen molar-refractivity contribution in [1.82, 2.24) is 0 Å². The van der Waals surface area contributed by atoms with Gasteiger partial charge in [-0.2, -0.15) is 0 Å². The molecule has 0 radical (unpaired) electrons. The van der Waals surface area contributed by atoms with Crippen LogP contribution < -0.4 is 5.73 Å². The highest BCUT2D eigenvalue weighted by Crippen LogP contribution is 1.97. The Morgan fingerprint density at radius 2 is 2.07 bits per heavy atom. The number of rotatable bonds is 7. The molecule has 0 fully saturated rings. The smallest absolute Gasteiger partial charge is 0.152 e. The molecule has 0 heterocycles. The Kier molecular flexibility index (Phi) is 5.90. The lowest BCUT2D eigenvalue weighted by molar-refractivity contribution is -0.121. The van der Waals surface area contributed by atoms with E-state index in [1.165, 1.54) is 7.11 Å². The van der Waals surface area contributed by atoms with Crippen molar-refractivity contribution in [2.24, 2.45) is 5.73 Å². The highest BCUT2D eigenvalue weighted by atomic mass is 32.2. The van der Waals surface area contributed by atoms with Gasteiger partial charge in [0.1, 0.15) is 9.84 Å². The van der Waals surface area contributed by atoms with E-state index < -0.39 is 15.9 Å². The number of Topliss-reactive ketones (excluding diaryl/α,β-unsaturated/α-hetero) is 1. The van der Waals surface area contributed by atoms with Gasteiger partial charge in [-0.3, -0.25) is 4.79 Å². The monoisotopic (exact) mass is 223 g/mol. The van der Waals surface area contributed by atoms with Crippen molar-refractivity contribution < 1.29 is 17.9 Å². The third-order valence-corrected chi connectivity index (χ3v) is 3.56. The minimum atomic E-state index is -3.08. The maximum Gasteiger partial charge on any atom is 0.152 e. The molecule has 5 nitrogen and oxygen atoms in total. The number of carbonyl (C=O) groups is 1. The molecular weight excluding hydrogens is 206 g/mol. The van der Waals surface area contributed by atoms with Crippen LogP contribution in [0.1, 0.15) is 13.3 Å². The van der Waals surface area contributed by atoms with Crippen LogP contribution in [-0.2, 0) is 19.4 Å². The summed E-state index contributed by atoms with van der Waals surface area (Å²) in [5.74, 6) is -0.344. The van der Waals surface area contributed by atoms with Crippen LogP contribution in [0.3, 0.4) is 0 Å². The molecule has 84 valence electrons. The maximum absolute atomic E-state index is 11.2. The summed E-state index contributed by atoms with van der Waals surface area (Å²) >= 11 is 0. The number of hydrogen-bond acceptors (Lipinski definition) is 5. The van der Waals surface area contributed by atoms with Crippen molar-refractivity contribution in [2.45, 2.75) is 19.4 Å². The van der Waals surface area contributed by atoms with Gasteiger partial charge in [0.15, 0.2) is 5.78 Å². The zero-order chi connectivity index (χ0) is 11.2. The normalized spacial score (nSPS) is 13.9. The van der Waals surface area contributed by atoms with E-state index in [4.69, 9.17) is 5.73 Å². The summed E-state index contributed by atoms with van der Waals surface area (Å²) < 4.78 is 26.8. The molecule has 0 bridgehead atoms. The SMILES string of the molecule is CCS(=O)(=O)CCC(=O)C(N)COC. The van der Waals surface area contributed by atoms with E-state index in [1.54, 1.807) is 6.92 Å². The van der Waals surface area contributed by atoms with E-state index in [9.17, 15) is 13.2 Å². The first-order chi connectivity index (χ1) is 6.43. The zero-order valence-corrected chi connectivity index (χ0v) is 9.34. The summed E-state index contributed by atoms with van der Waals surface area (Å²) in [6.45, 7) is 1.68. The van der Waals surface area contributed by atoms with Crippen molar-refractivity contribution in [3.05, 3.63) is 0 Å². The number of ether oxygens (including phenoxy) is 1. The summed E-state index contributed by atoms with van der Waals surface area (Å²) in [6, 6.07) is -0.716. The molecule has 0 aliphatic rings. The number of nitrogens with two attached hydrogens (primary N) is 1. The van der Waals surface area contributed by atoms with Crippen LogP contribution in [0.2, 0.25) is 0 Å². The van der Waals surface area contributed by atoms with Gasteiger partial charge in [0.25, 0.3) is 0 Å². The van der Waals surface area contributed by atoms with Crippen molar-refractivity contribution in [3.63, 3.8) is 0 Å². The standard InChI is InChI=1S/C8H17NO4S/c1-3-14(11,12)5-4-8(10)7(9)6-13-2/h7H,3-6,9H2,1-2H3. The van der Waals surface area contributed by atoms with Crippen molar-refractivity contribution in [1.29, 1.82) is 0 Å². The average molecular weight is 223 g/mol. The highest BCUT2D eigenvalue weighted by Gasteiger charge is 2.16. The van der Waals surface area contributed by atoms with E-state index in [-0.39, 0.29) is 30.3 Å². The molecule has 0 aromatic rings. The molecule has 0 amide bonds. The molecule has 0 aliphatic carbocycles. The molecule has 0 saturated carbocycles. The molecule has 6 heteroatoms. The fourth-order valence-corrected chi connectivity index (χ4v) is 1.66. The van der Waals surface area contributed by atoms with Gasteiger partial charge in [-0.1, -0.05) is 6.92 Å². The fourth-order valence-electron chi connectivity index (χ4n) is 0.858. The van der Waals surface area contributed by atoms with Gasteiger partial charge in [-0.15, -0.1) is 0 Å². The Morgan fingerprint density at radius 3 is 2.50 bits per heavy atom. The first-order valence-corrected chi connectivity index (χ1v) is 6.22. The van der Waals surface area contributed by atoms with E-state index in [0.29, 0.717) is 0 Å². The summed E-state index contributed by atoms with van der Waals surface area (Å²) in [5.41, 5.74) is 5.43. The van der Waals surface area contributed by atoms with Gasteiger partial charge in [0, 0.05) is 19.3 Å². The van der Waals surface area contributed by atoms with E-state index in [2.05, 4.69) is 4.74 Å². The largest absolute Gasteiger partial charge is 0.383 e. The van der Waals surface area contributed by atoms with Crippen LogP contribution in [0.25, 0.3) is 0 Å². The predicted octanol–water partition coefficient (Wildman–Crippen LogP) is -0.646. The molecule has 0 aliphatic heterocycles. The lowest BCUT2D eigenvalue weighted by atomic mass is 10.2. The highest BCUT2D eigenvalue weighted by molar-refractivity contribution is 7.91. The van der Waals surface area contributed by atoms with Crippen molar-refractivity contribution in [2.75, 3.05) is 25.2 Å². The van der Waals surface area contributed by atoms with Gasteiger partial charge in [0.2, 0.25) is 0 Å². The molecule has 0 spiro atoms. The predicted molar refractivity (Wildman–Crippen MR) is 53.8 cm³/mol. The number of sulfone groups is 1. The van der Waals surface area contributed by atoms with Crippen LogP contribution in [0.15, 0.2) is 0 Å². The Bertz CT molecular complexity index is 273. The summed E-state index contributed by atoms with van der Waals surface area (Å²) in [5, 5.41) is 0. The zero-order valence-electron chi connectivity index (χ0n) is 8.52. The van der Waals surface area contributed by atoms with Crippen LogP contribution in [0.4, 0.5) is 0 Å². The van der Waals surface area contributed by atoms with Gasteiger partial charge in [-0.25, -0.2) is 8.42 Å². The lowest BCUT2D eigenvalue weighted by Crippen LogP contribution is -2.35. The Balaban J connectivity index is 3.97. The second-order valence-corrected chi connectivity index (χ2v) is 5.49. The van der Waals surface area contributed by atoms with Crippen LogP contribution >= 0.6 is 0 Å². The van der Waals surface area contributed by atoms with Gasteiger partial charge in [0.05, 0.1) is 18.4 Å². The molecule has 1 atom stereocenters. The van der Waals surface area contributed by atoms with E-state index >= 15 is 0 Å². The molecule has 0 saturated heterocycles. The quantitative estimate of drug-likeness (QED) is 0.620. The second kappa shape index (κ2) is 6.10. The lowest BCUT2D eigenvalue weighted by Gasteiger charge is -2.08. The fraction of sp³-hybridized carbons (Fsp3) is 0.875. The molecule has 2 N–H and O–H groups in total. The van der Waals surface area contributed by atoms with Gasteiger partial charge in [-0.05, 0) is 0 Å². The van der Waals surface area contributed by atoms with Gasteiger partial charge >= 0.3 is 0 Å². The summed E-state index contributed by atoms with van der Waals surface area (Å²) in [4.78, 5) is 11.2. The third kappa shape index (κ3) is 5.31. The number of methoxy groups -OCH3 is 1.